The zero-order valence-electron chi connectivity index (χ0n) is 11.4. The number of hydrogen-bond donors (Lipinski definition) is 1. The predicted octanol–water partition coefficient (Wildman–Crippen LogP) is 3.83. The van der Waals surface area contributed by atoms with Crippen molar-refractivity contribution in [1.29, 1.82) is 0 Å². The molecule has 4 heteroatoms. The molecule has 2 aromatic rings. The summed E-state index contributed by atoms with van der Waals surface area (Å²) in [7, 11) is 0. The fourth-order valence-corrected chi connectivity index (χ4v) is 2.07. The first-order valence-corrected chi connectivity index (χ1v) is 7.02. The summed E-state index contributed by atoms with van der Waals surface area (Å²) in [6.07, 6.45) is 1.65. The minimum Gasteiger partial charge on any atom is -0.267 e. The van der Waals surface area contributed by atoms with Gasteiger partial charge in [-0.3, -0.25) is 4.79 Å². The Morgan fingerprint density at radius 2 is 1.90 bits per heavy atom. The van der Waals surface area contributed by atoms with Gasteiger partial charge in [-0.05, 0) is 42.7 Å². The van der Waals surface area contributed by atoms with E-state index in [-0.39, 0.29) is 5.91 Å². The summed E-state index contributed by atoms with van der Waals surface area (Å²) in [5.74, 6) is -0.226. The molecule has 0 spiro atoms. The van der Waals surface area contributed by atoms with Crippen molar-refractivity contribution in [1.82, 2.24) is 5.43 Å². The second kappa shape index (κ2) is 6.48. The minimum atomic E-state index is -0.226. The second-order valence-corrected chi connectivity index (χ2v) is 5.37. The van der Waals surface area contributed by atoms with E-state index in [9.17, 15) is 4.79 Å². The SMILES string of the molecule is Cc1ccc(C(=O)N/N=C/c2ccccc2C)cc1Br. The van der Waals surface area contributed by atoms with Crippen molar-refractivity contribution in [2.75, 3.05) is 0 Å². The molecule has 3 nitrogen and oxygen atoms in total. The molecule has 0 radical (unpaired) electrons. The van der Waals surface area contributed by atoms with Gasteiger partial charge < -0.3 is 0 Å². The molecular weight excluding hydrogens is 316 g/mol. The number of hydrazone groups is 1. The van der Waals surface area contributed by atoms with E-state index in [0.29, 0.717) is 5.56 Å². The molecule has 0 unspecified atom stereocenters. The lowest BCUT2D eigenvalue weighted by atomic mass is 10.1. The van der Waals surface area contributed by atoms with Gasteiger partial charge in [-0.2, -0.15) is 5.10 Å². The first-order valence-electron chi connectivity index (χ1n) is 6.23. The Labute approximate surface area is 126 Å². The fraction of sp³-hybridized carbons (Fsp3) is 0.125. The van der Waals surface area contributed by atoms with E-state index >= 15 is 0 Å². The van der Waals surface area contributed by atoms with Gasteiger partial charge in [-0.25, -0.2) is 5.43 Å². The van der Waals surface area contributed by atoms with Crippen LogP contribution < -0.4 is 5.43 Å². The molecule has 20 heavy (non-hydrogen) atoms. The molecule has 0 fully saturated rings. The molecule has 1 N–H and O–H groups in total. The average Bonchev–Trinajstić information content (AvgIpc) is 2.44. The van der Waals surface area contributed by atoms with Gasteiger partial charge in [0.2, 0.25) is 0 Å². The highest BCUT2D eigenvalue weighted by Gasteiger charge is 2.05. The summed E-state index contributed by atoms with van der Waals surface area (Å²) in [5, 5.41) is 3.99. The van der Waals surface area contributed by atoms with E-state index in [2.05, 4.69) is 26.5 Å². The van der Waals surface area contributed by atoms with Crippen molar-refractivity contribution in [2.45, 2.75) is 13.8 Å². The number of aryl methyl sites for hydroxylation is 2. The third kappa shape index (κ3) is 3.54. The van der Waals surface area contributed by atoms with Crippen molar-refractivity contribution >= 4 is 28.1 Å². The summed E-state index contributed by atoms with van der Waals surface area (Å²) in [5.41, 5.74) is 6.29. The molecule has 1 amide bonds. The molecule has 0 aliphatic rings. The highest BCUT2D eigenvalue weighted by molar-refractivity contribution is 9.10. The fourth-order valence-electron chi connectivity index (χ4n) is 1.69. The molecule has 0 aromatic heterocycles. The predicted molar refractivity (Wildman–Crippen MR) is 85.1 cm³/mol. The molecule has 2 aromatic carbocycles. The highest BCUT2D eigenvalue weighted by Crippen LogP contribution is 2.17. The minimum absolute atomic E-state index is 0.226. The quantitative estimate of drug-likeness (QED) is 0.674. The van der Waals surface area contributed by atoms with E-state index in [1.165, 1.54) is 0 Å². The van der Waals surface area contributed by atoms with Crippen molar-refractivity contribution in [3.8, 4) is 0 Å². The Kier molecular flexibility index (Phi) is 4.69. The summed E-state index contributed by atoms with van der Waals surface area (Å²) in [6.45, 7) is 3.97. The molecule has 0 atom stereocenters. The lowest BCUT2D eigenvalue weighted by molar-refractivity contribution is 0.0955. The number of carbonyl (C=O) groups excluding carboxylic acids is 1. The first-order chi connectivity index (χ1) is 9.58. The largest absolute Gasteiger partial charge is 0.271 e. The Morgan fingerprint density at radius 3 is 2.60 bits per heavy atom. The van der Waals surface area contributed by atoms with Crippen LogP contribution in [0.4, 0.5) is 0 Å². The van der Waals surface area contributed by atoms with E-state index in [1.807, 2.05) is 44.2 Å². The zero-order valence-corrected chi connectivity index (χ0v) is 12.9. The summed E-state index contributed by atoms with van der Waals surface area (Å²) >= 11 is 3.41. The zero-order chi connectivity index (χ0) is 14.5. The first kappa shape index (κ1) is 14.5. The van der Waals surface area contributed by atoms with E-state index in [4.69, 9.17) is 0 Å². The van der Waals surface area contributed by atoms with Gasteiger partial charge in [0.25, 0.3) is 5.91 Å². The van der Waals surface area contributed by atoms with Crippen LogP contribution in [0.2, 0.25) is 0 Å². The molecular formula is C16H15BrN2O. The molecule has 0 aliphatic heterocycles. The normalized spacial score (nSPS) is 10.8. The third-order valence-corrected chi connectivity index (χ3v) is 3.85. The van der Waals surface area contributed by atoms with Gasteiger partial charge in [0.05, 0.1) is 6.21 Å². The monoisotopic (exact) mass is 330 g/mol. The number of halogens is 1. The lowest BCUT2D eigenvalue weighted by Crippen LogP contribution is -2.17. The summed E-state index contributed by atoms with van der Waals surface area (Å²) in [4.78, 5) is 11.9. The van der Waals surface area contributed by atoms with Crippen LogP contribution in [0.5, 0.6) is 0 Å². The molecule has 0 saturated carbocycles. The number of nitrogens with zero attached hydrogens (tertiary/aromatic N) is 1. The Balaban J connectivity index is 2.05. The van der Waals surface area contributed by atoms with Crippen LogP contribution >= 0.6 is 15.9 Å². The third-order valence-electron chi connectivity index (χ3n) is 2.99. The Morgan fingerprint density at radius 1 is 1.15 bits per heavy atom. The van der Waals surface area contributed by atoms with Crippen LogP contribution in [0.15, 0.2) is 52.0 Å². The van der Waals surface area contributed by atoms with Crippen molar-refractivity contribution in [3.05, 3.63) is 69.2 Å². The highest BCUT2D eigenvalue weighted by atomic mass is 79.9. The van der Waals surface area contributed by atoms with Gasteiger partial charge in [0.15, 0.2) is 0 Å². The molecule has 2 rings (SSSR count). The molecule has 0 saturated heterocycles. The van der Waals surface area contributed by atoms with Crippen LogP contribution in [0.25, 0.3) is 0 Å². The number of carbonyl (C=O) groups is 1. The number of amides is 1. The van der Waals surface area contributed by atoms with Crippen molar-refractivity contribution in [3.63, 3.8) is 0 Å². The summed E-state index contributed by atoms with van der Waals surface area (Å²) < 4.78 is 0.910. The van der Waals surface area contributed by atoms with Crippen LogP contribution in [0.1, 0.15) is 27.0 Å². The maximum absolute atomic E-state index is 11.9. The topological polar surface area (TPSA) is 41.5 Å². The second-order valence-electron chi connectivity index (χ2n) is 4.52. The molecule has 0 aliphatic carbocycles. The van der Waals surface area contributed by atoms with Crippen molar-refractivity contribution in [2.24, 2.45) is 5.10 Å². The smallest absolute Gasteiger partial charge is 0.267 e. The maximum atomic E-state index is 11.9. The lowest BCUT2D eigenvalue weighted by Gasteiger charge is -2.03. The van der Waals surface area contributed by atoms with Crippen LogP contribution in [-0.2, 0) is 0 Å². The van der Waals surface area contributed by atoms with E-state index in [1.54, 1.807) is 18.3 Å². The van der Waals surface area contributed by atoms with Gasteiger partial charge >= 0.3 is 0 Å². The Hall–Kier alpha value is -1.94. The number of hydrogen-bond acceptors (Lipinski definition) is 2. The van der Waals surface area contributed by atoms with E-state index < -0.39 is 0 Å². The number of nitrogens with one attached hydrogen (secondary N) is 1. The molecule has 102 valence electrons. The van der Waals surface area contributed by atoms with Gasteiger partial charge in [-0.1, -0.05) is 46.3 Å². The maximum Gasteiger partial charge on any atom is 0.271 e. The van der Waals surface area contributed by atoms with E-state index in [0.717, 1.165) is 21.2 Å². The van der Waals surface area contributed by atoms with Gasteiger partial charge in [-0.15, -0.1) is 0 Å². The standard InChI is InChI=1S/C16H15BrN2O/c1-11-5-3-4-6-14(11)10-18-19-16(20)13-8-7-12(2)15(17)9-13/h3-10H,1-2H3,(H,19,20)/b18-10+. The molecule has 0 bridgehead atoms. The van der Waals surface area contributed by atoms with Crippen molar-refractivity contribution < 1.29 is 4.79 Å². The van der Waals surface area contributed by atoms with Crippen LogP contribution in [0, 0.1) is 13.8 Å². The number of benzene rings is 2. The van der Waals surface area contributed by atoms with Gasteiger partial charge in [0, 0.05) is 10.0 Å². The molecule has 0 heterocycles. The van der Waals surface area contributed by atoms with Gasteiger partial charge in [0.1, 0.15) is 0 Å². The summed E-state index contributed by atoms with van der Waals surface area (Å²) in [6, 6.07) is 13.3. The van der Waals surface area contributed by atoms with Crippen LogP contribution in [-0.4, -0.2) is 12.1 Å². The number of rotatable bonds is 3. The average molecular weight is 331 g/mol. The van der Waals surface area contributed by atoms with Crippen LogP contribution in [0.3, 0.4) is 0 Å². The Bertz CT molecular complexity index is 665.